The predicted octanol–water partition coefficient (Wildman–Crippen LogP) is 3.85. The fraction of sp³-hybridized carbons (Fsp3) is 0.500. The molecule has 0 radical (unpaired) electrons. The van der Waals surface area contributed by atoms with Gasteiger partial charge in [-0.25, -0.2) is 0 Å². The second-order valence-corrected chi connectivity index (χ2v) is 7.01. The first-order chi connectivity index (χ1) is 8.69. The summed E-state index contributed by atoms with van der Waals surface area (Å²) in [5.74, 6) is -0.303. The Kier molecular flexibility index (Phi) is 7.39. The van der Waals surface area contributed by atoms with Gasteiger partial charge >= 0.3 is 120 Å². The van der Waals surface area contributed by atoms with Gasteiger partial charge in [-0.1, -0.05) is 0 Å². The van der Waals surface area contributed by atoms with Gasteiger partial charge in [-0.15, -0.1) is 0 Å². The van der Waals surface area contributed by atoms with Gasteiger partial charge in [-0.05, 0) is 0 Å². The molecule has 0 aliphatic rings. The summed E-state index contributed by atoms with van der Waals surface area (Å²) in [4.78, 5) is 0. The number of nitrogens with zero attached hydrogens (tertiary/aromatic N) is 1. The van der Waals surface area contributed by atoms with E-state index in [1.807, 2.05) is 0 Å². The predicted molar refractivity (Wildman–Crippen MR) is 75.8 cm³/mol. The van der Waals surface area contributed by atoms with Gasteiger partial charge in [-0.3, -0.25) is 0 Å². The molecule has 0 bridgehead atoms. The molecule has 2 nitrogen and oxygen atoms in total. The number of unbranched alkanes of at least 4 members (excludes halogenated alkanes) is 1. The number of hydrogen-bond acceptors (Lipinski definition) is 2. The first-order valence-corrected chi connectivity index (χ1v) is 8.90. The average molecular weight is 331 g/mol. The summed E-state index contributed by atoms with van der Waals surface area (Å²) in [6, 6.07) is 9.29. The number of nitriles is 1. The van der Waals surface area contributed by atoms with Gasteiger partial charge in [0, 0.05) is 0 Å². The van der Waals surface area contributed by atoms with Crippen LogP contribution in [0.3, 0.4) is 0 Å². The van der Waals surface area contributed by atoms with E-state index in [2.05, 4.69) is 13.0 Å². The molecule has 0 aliphatic heterocycles. The number of aliphatic hydroxyl groups excluding tert-OH is 1. The Bertz CT molecular complexity index is 388. The minimum atomic E-state index is -0.698. The van der Waals surface area contributed by atoms with Crippen LogP contribution in [-0.4, -0.2) is 20.1 Å². The molecule has 2 unspecified atom stereocenters. The van der Waals surface area contributed by atoms with Crippen LogP contribution >= 0.6 is 11.6 Å². The fourth-order valence-corrected chi connectivity index (χ4v) is 4.13. The van der Waals surface area contributed by atoms with E-state index in [9.17, 15) is 5.11 Å². The molecule has 0 amide bonds. The molecular weight excluding hydrogens is 313 g/mol. The van der Waals surface area contributed by atoms with Gasteiger partial charge < -0.3 is 0 Å². The summed E-state index contributed by atoms with van der Waals surface area (Å²) >= 11 is 6.25. The molecule has 2 atom stereocenters. The van der Waals surface area contributed by atoms with Crippen LogP contribution in [0, 0.1) is 17.2 Å². The van der Waals surface area contributed by atoms with Crippen molar-refractivity contribution in [1.29, 1.82) is 5.26 Å². The Morgan fingerprint density at radius 3 is 2.61 bits per heavy atom. The molecule has 0 saturated heterocycles. The number of benzene rings is 1. The maximum atomic E-state index is 10.2. The second kappa shape index (κ2) is 8.56. The van der Waals surface area contributed by atoms with E-state index in [0.29, 0.717) is 20.0 Å². The molecular formula is C14H18ClNOSe. The second-order valence-electron chi connectivity index (χ2n) is 4.16. The van der Waals surface area contributed by atoms with E-state index in [1.54, 1.807) is 24.3 Å². The van der Waals surface area contributed by atoms with Crippen molar-refractivity contribution in [1.82, 2.24) is 0 Å². The number of rotatable bonds is 7. The summed E-state index contributed by atoms with van der Waals surface area (Å²) in [5, 5.41) is 22.0. The van der Waals surface area contributed by atoms with Crippen LogP contribution in [-0.2, 0) is 0 Å². The van der Waals surface area contributed by atoms with Crippen LogP contribution in [0.25, 0.3) is 0 Å². The summed E-state index contributed by atoms with van der Waals surface area (Å²) in [5.41, 5.74) is 0.775. The van der Waals surface area contributed by atoms with Crippen molar-refractivity contribution in [2.45, 2.75) is 36.5 Å². The Hall–Kier alpha value is -0.521. The van der Waals surface area contributed by atoms with Crippen molar-refractivity contribution < 1.29 is 5.11 Å². The monoisotopic (exact) mass is 331 g/mol. The zero-order valence-corrected chi connectivity index (χ0v) is 12.9. The van der Waals surface area contributed by atoms with E-state index in [-0.39, 0.29) is 5.92 Å². The summed E-state index contributed by atoms with van der Waals surface area (Å²) in [7, 11) is 0. The molecule has 1 rings (SSSR count). The van der Waals surface area contributed by atoms with E-state index in [4.69, 9.17) is 16.9 Å². The van der Waals surface area contributed by atoms with Gasteiger partial charge in [0.15, 0.2) is 0 Å². The first kappa shape index (κ1) is 15.5. The third-order valence-electron chi connectivity index (χ3n) is 2.70. The van der Waals surface area contributed by atoms with Crippen molar-refractivity contribution in [2.75, 3.05) is 0 Å². The summed E-state index contributed by atoms with van der Waals surface area (Å²) < 4.78 is 0. The molecule has 1 aromatic carbocycles. The molecule has 0 saturated carbocycles. The molecule has 0 fully saturated rings. The van der Waals surface area contributed by atoms with Crippen LogP contribution in [0.1, 0.15) is 31.4 Å². The van der Waals surface area contributed by atoms with Crippen LogP contribution in [0.5, 0.6) is 0 Å². The van der Waals surface area contributed by atoms with Crippen molar-refractivity contribution in [3.05, 3.63) is 34.9 Å². The van der Waals surface area contributed by atoms with Gasteiger partial charge in [-0.2, -0.15) is 0 Å². The number of hydrogen-bond donors (Lipinski definition) is 1. The number of halogens is 1. The van der Waals surface area contributed by atoms with E-state index < -0.39 is 6.10 Å². The Morgan fingerprint density at radius 1 is 1.39 bits per heavy atom. The SMILES string of the molecule is CCCC[Se]CC(C#N)C(O)c1ccc(Cl)cc1. The van der Waals surface area contributed by atoms with Crippen molar-refractivity contribution in [3.63, 3.8) is 0 Å². The summed E-state index contributed by atoms with van der Waals surface area (Å²) in [6.07, 6.45) is 1.71. The molecule has 98 valence electrons. The molecule has 1 aromatic rings. The quantitative estimate of drug-likeness (QED) is 0.609. The molecule has 0 aromatic heterocycles. The normalized spacial score (nSPS) is 13.9. The Balaban J connectivity index is 2.54. The summed E-state index contributed by atoms with van der Waals surface area (Å²) in [6.45, 7) is 2.17. The van der Waals surface area contributed by atoms with Crippen molar-refractivity contribution >= 4 is 26.6 Å². The van der Waals surface area contributed by atoms with Gasteiger partial charge in [0.2, 0.25) is 0 Å². The number of aliphatic hydroxyl groups is 1. The standard InChI is InChI=1S/C14H18ClNOSe/c1-2-3-8-18-10-12(9-16)14(17)11-4-6-13(15)7-5-11/h4-7,12,14,17H,2-3,8,10H2,1H3. The first-order valence-electron chi connectivity index (χ1n) is 6.10. The zero-order valence-electron chi connectivity index (χ0n) is 10.5. The molecule has 0 aliphatic carbocycles. The Labute approximate surface area is 120 Å². The van der Waals surface area contributed by atoms with E-state index >= 15 is 0 Å². The third-order valence-corrected chi connectivity index (χ3v) is 5.41. The van der Waals surface area contributed by atoms with Gasteiger partial charge in [0.1, 0.15) is 0 Å². The van der Waals surface area contributed by atoms with E-state index in [1.165, 1.54) is 18.2 Å². The molecule has 0 heterocycles. The Morgan fingerprint density at radius 2 is 2.06 bits per heavy atom. The molecule has 0 spiro atoms. The van der Waals surface area contributed by atoms with Gasteiger partial charge in [0.05, 0.1) is 0 Å². The van der Waals surface area contributed by atoms with Gasteiger partial charge in [0.25, 0.3) is 0 Å². The van der Waals surface area contributed by atoms with Crippen molar-refractivity contribution in [3.8, 4) is 6.07 Å². The fourth-order valence-electron chi connectivity index (χ4n) is 1.55. The molecule has 18 heavy (non-hydrogen) atoms. The third kappa shape index (κ3) is 5.00. The van der Waals surface area contributed by atoms with E-state index in [0.717, 1.165) is 10.9 Å². The van der Waals surface area contributed by atoms with Crippen LogP contribution in [0.2, 0.25) is 15.7 Å². The zero-order chi connectivity index (χ0) is 13.4. The minimum absolute atomic E-state index is 0.303. The van der Waals surface area contributed by atoms with Crippen LogP contribution in [0.15, 0.2) is 24.3 Å². The molecule has 1 N–H and O–H groups in total. The van der Waals surface area contributed by atoms with Crippen LogP contribution in [0.4, 0.5) is 0 Å². The maximum absolute atomic E-state index is 10.2. The van der Waals surface area contributed by atoms with Crippen LogP contribution < -0.4 is 0 Å². The topological polar surface area (TPSA) is 44.0 Å². The van der Waals surface area contributed by atoms with Crippen molar-refractivity contribution in [2.24, 2.45) is 5.92 Å². The molecule has 4 heteroatoms. The average Bonchev–Trinajstić information content (AvgIpc) is 2.39.